The van der Waals surface area contributed by atoms with Crippen LogP contribution in [0.1, 0.15) is 16.0 Å². The zero-order chi connectivity index (χ0) is 12.3. The molecular formula is C14H10ClNS. The lowest BCUT2D eigenvalue weighted by atomic mass is 10.1. The fourth-order valence-electron chi connectivity index (χ4n) is 1.48. The van der Waals surface area contributed by atoms with Crippen molar-refractivity contribution in [2.45, 2.75) is 6.92 Å². The number of rotatable bonds is 2. The topological polar surface area (TPSA) is 23.8 Å². The van der Waals surface area contributed by atoms with Gasteiger partial charge in [-0.3, -0.25) is 0 Å². The van der Waals surface area contributed by atoms with E-state index < -0.39 is 0 Å². The van der Waals surface area contributed by atoms with Crippen LogP contribution in [-0.4, -0.2) is 0 Å². The van der Waals surface area contributed by atoms with Gasteiger partial charge in [0.1, 0.15) is 6.07 Å². The van der Waals surface area contributed by atoms with Crippen molar-refractivity contribution in [3.05, 3.63) is 57.8 Å². The highest BCUT2D eigenvalue weighted by Crippen LogP contribution is 2.31. The summed E-state index contributed by atoms with van der Waals surface area (Å²) in [5.74, 6) is 0. The molecule has 0 saturated carbocycles. The van der Waals surface area contributed by atoms with Crippen molar-refractivity contribution >= 4 is 33.5 Å². The Labute approximate surface area is 110 Å². The Morgan fingerprint density at radius 2 is 1.94 bits per heavy atom. The zero-order valence-corrected chi connectivity index (χ0v) is 10.8. The lowest BCUT2D eigenvalue weighted by Crippen LogP contribution is -1.83. The van der Waals surface area contributed by atoms with Crippen molar-refractivity contribution < 1.29 is 0 Å². The summed E-state index contributed by atoms with van der Waals surface area (Å²) < 4.78 is 0. The molecule has 17 heavy (non-hydrogen) atoms. The van der Waals surface area contributed by atoms with Gasteiger partial charge in [0.25, 0.3) is 0 Å². The number of hydrogen-bond acceptors (Lipinski definition) is 2. The molecule has 3 heteroatoms. The monoisotopic (exact) mass is 259 g/mol. The SMILES string of the molecule is Cc1ccc(C(Cl)=C(C#N)c2cccs2)cc1. The molecular weight excluding hydrogens is 250 g/mol. The molecule has 0 radical (unpaired) electrons. The van der Waals surface area contributed by atoms with Crippen molar-refractivity contribution in [2.75, 3.05) is 0 Å². The molecule has 0 aliphatic rings. The lowest BCUT2D eigenvalue weighted by molar-refractivity contribution is 1.46. The van der Waals surface area contributed by atoms with E-state index in [-0.39, 0.29) is 0 Å². The predicted octanol–water partition coefficient (Wildman–Crippen LogP) is 4.69. The summed E-state index contributed by atoms with van der Waals surface area (Å²) in [6.07, 6.45) is 0. The van der Waals surface area contributed by atoms with E-state index in [1.54, 1.807) is 0 Å². The summed E-state index contributed by atoms with van der Waals surface area (Å²) in [5.41, 5.74) is 2.58. The minimum Gasteiger partial charge on any atom is -0.192 e. The average Bonchev–Trinajstić information content (AvgIpc) is 2.84. The Bertz CT molecular complexity index is 574. The number of hydrogen-bond donors (Lipinski definition) is 0. The molecule has 1 aromatic carbocycles. The molecule has 1 nitrogen and oxygen atoms in total. The molecule has 0 bridgehead atoms. The van der Waals surface area contributed by atoms with Gasteiger partial charge in [0.2, 0.25) is 0 Å². The summed E-state index contributed by atoms with van der Waals surface area (Å²) >= 11 is 7.80. The van der Waals surface area contributed by atoms with Gasteiger partial charge >= 0.3 is 0 Å². The first kappa shape index (κ1) is 11.9. The fourth-order valence-corrected chi connectivity index (χ4v) is 2.53. The third kappa shape index (κ3) is 2.58. The van der Waals surface area contributed by atoms with Crippen molar-refractivity contribution in [1.29, 1.82) is 5.26 Å². The van der Waals surface area contributed by atoms with Crippen LogP contribution in [0, 0.1) is 18.3 Å². The predicted molar refractivity (Wildman–Crippen MR) is 73.8 cm³/mol. The van der Waals surface area contributed by atoms with E-state index in [0.717, 1.165) is 10.4 Å². The first-order valence-electron chi connectivity index (χ1n) is 5.13. The molecule has 1 heterocycles. The smallest absolute Gasteiger partial charge is 0.102 e. The fraction of sp³-hybridized carbons (Fsp3) is 0.0714. The molecule has 0 spiro atoms. The van der Waals surface area contributed by atoms with Crippen molar-refractivity contribution in [3.8, 4) is 6.07 Å². The Kier molecular flexibility index (Phi) is 3.63. The third-order valence-electron chi connectivity index (χ3n) is 2.40. The number of allylic oxidation sites excluding steroid dienone is 1. The molecule has 0 fully saturated rings. The molecule has 1 aromatic heterocycles. The van der Waals surface area contributed by atoms with Crippen LogP contribution in [-0.2, 0) is 0 Å². The zero-order valence-electron chi connectivity index (χ0n) is 9.27. The maximum Gasteiger partial charge on any atom is 0.102 e. The van der Waals surface area contributed by atoms with Crippen LogP contribution < -0.4 is 0 Å². The normalized spacial score (nSPS) is 11.8. The maximum atomic E-state index is 9.20. The molecule has 0 aliphatic carbocycles. The van der Waals surface area contributed by atoms with Gasteiger partial charge in [-0.1, -0.05) is 47.5 Å². The molecule has 0 amide bonds. The molecule has 0 aliphatic heterocycles. The molecule has 84 valence electrons. The average molecular weight is 260 g/mol. The third-order valence-corrected chi connectivity index (χ3v) is 3.70. The van der Waals surface area contributed by atoms with E-state index in [0.29, 0.717) is 10.6 Å². The second-order valence-corrected chi connectivity index (χ2v) is 4.97. The molecule has 0 saturated heterocycles. The van der Waals surface area contributed by atoms with E-state index in [9.17, 15) is 5.26 Å². The summed E-state index contributed by atoms with van der Waals surface area (Å²) in [7, 11) is 0. The van der Waals surface area contributed by atoms with Gasteiger partial charge in [0.15, 0.2) is 0 Å². The Morgan fingerprint density at radius 1 is 1.24 bits per heavy atom. The summed E-state index contributed by atoms with van der Waals surface area (Å²) in [5, 5.41) is 11.6. The van der Waals surface area contributed by atoms with Gasteiger partial charge in [-0.25, -0.2) is 0 Å². The Hall–Kier alpha value is -1.56. The van der Waals surface area contributed by atoms with E-state index in [1.165, 1.54) is 16.9 Å². The maximum absolute atomic E-state index is 9.20. The number of thiophene rings is 1. The van der Waals surface area contributed by atoms with E-state index in [2.05, 4.69) is 6.07 Å². The molecule has 0 N–H and O–H groups in total. The van der Waals surface area contributed by atoms with Gasteiger partial charge in [-0.15, -0.1) is 11.3 Å². The molecule has 0 atom stereocenters. The number of halogens is 1. The van der Waals surface area contributed by atoms with Crippen molar-refractivity contribution in [2.24, 2.45) is 0 Å². The summed E-state index contributed by atoms with van der Waals surface area (Å²) in [6, 6.07) is 13.8. The number of nitriles is 1. The number of aryl methyl sites for hydroxylation is 1. The van der Waals surface area contributed by atoms with E-state index >= 15 is 0 Å². The van der Waals surface area contributed by atoms with Crippen LogP contribution >= 0.6 is 22.9 Å². The minimum atomic E-state index is 0.509. The highest BCUT2D eigenvalue weighted by Gasteiger charge is 2.09. The van der Waals surface area contributed by atoms with Crippen LogP contribution in [0.5, 0.6) is 0 Å². The first-order chi connectivity index (χ1) is 8.22. The largest absolute Gasteiger partial charge is 0.192 e. The van der Waals surface area contributed by atoms with E-state index in [1.807, 2.05) is 48.7 Å². The second kappa shape index (κ2) is 5.18. The van der Waals surface area contributed by atoms with Crippen LogP contribution in [0.2, 0.25) is 0 Å². The number of nitrogens with zero attached hydrogens (tertiary/aromatic N) is 1. The van der Waals surface area contributed by atoms with Crippen LogP contribution in [0.3, 0.4) is 0 Å². The summed E-state index contributed by atoms with van der Waals surface area (Å²) in [4.78, 5) is 0.901. The number of benzene rings is 1. The Morgan fingerprint density at radius 3 is 2.47 bits per heavy atom. The summed E-state index contributed by atoms with van der Waals surface area (Å²) in [6.45, 7) is 2.02. The highest BCUT2D eigenvalue weighted by molar-refractivity contribution is 7.11. The van der Waals surface area contributed by atoms with Gasteiger partial charge in [0, 0.05) is 4.88 Å². The van der Waals surface area contributed by atoms with Gasteiger partial charge in [0.05, 0.1) is 10.6 Å². The standard InChI is InChI=1S/C14H10ClNS/c1-10-4-6-11(7-5-10)14(15)12(9-16)13-3-2-8-17-13/h2-8H,1H3. The highest BCUT2D eigenvalue weighted by atomic mass is 35.5. The molecule has 2 rings (SSSR count). The second-order valence-electron chi connectivity index (χ2n) is 3.64. The van der Waals surface area contributed by atoms with Crippen molar-refractivity contribution in [1.82, 2.24) is 0 Å². The molecule has 0 unspecified atom stereocenters. The van der Waals surface area contributed by atoms with Gasteiger partial charge in [-0.05, 0) is 23.9 Å². The van der Waals surface area contributed by atoms with E-state index in [4.69, 9.17) is 11.6 Å². The Balaban J connectivity index is 2.50. The first-order valence-corrected chi connectivity index (χ1v) is 6.39. The van der Waals surface area contributed by atoms with Gasteiger partial charge < -0.3 is 0 Å². The quantitative estimate of drug-likeness (QED) is 0.718. The lowest BCUT2D eigenvalue weighted by Gasteiger charge is -2.02. The molecule has 2 aromatic rings. The van der Waals surface area contributed by atoms with Crippen LogP contribution in [0.4, 0.5) is 0 Å². The van der Waals surface area contributed by atoms with Crippen LogP contribution in [0.15, 0.2) is 41.8 Å². The van der Waals surface area contributed by atoms with Crippen LogP contribution in [0.25, 0.3) is 10.6 Å². The van der Waals surface area contributed by atoms with Crippen molar-refractivity contribution in [3.63, 3.8) is 0 Å². The van der Waals surface area contributed by atoms with Gasteiger partial charge in [-0.2, -0.15) is 5.26 Å². The minimum absolute atomic E-state index is 0.509.